The molecule has 36 heavy (non-hydrogen) atoms. The van der Waals surface area contributed by atoms with E-state index in [1.54, 1.807) is 6.08 Å². The van der Waals surface area contributed by atoms with Gasteiger partial charge in [0.25, 0.3) is 0 Å². The highest BCUT2D eigenvalue weighted by Gasteiger charge is 2.32. The number of carbonyl (C=O) groups is 3. The largest absolute Gasteiger partial charge is 0.469 e. The predicted molar refractivity (Wildman–Crippen MR) is 146 cm³/mol. The minimum atomic E-state index is -0.510. The van der Waals surface area contributed by atoms with Gasteiger partial charge in [-0.3, -0.25) is 14.4 Å². The number of hydrogen-bond acceptors (Lipinski definition) is 5. The fourth-order valence-electron chi connectivity index (χ4n) is 4.18. The number of carbonyl (C=O) groups excluding carboxylic acids is 3. The van der Waals surface area contributed by atoms with Gasteiger partial charge >= 0.3 is 11.9 Å². The zero-order valence-electron chi connectivity index (χ0n) is 23.4. The molecular formula is C31H46O5. The average molecular weight is 499 g/mol. The minimum absolute atomic E-state index is 0.0837. The third kappa shape index (κ3) is 13.4. The maximum Gasteiger partial charge on any atom is 0.310 e. The van der Waals surface area contributed by atoms with E-state index in [9.17, 15) is 14.4 Å². The summed E-state index contributed by atoms with van der Waals surface area (Å²) in [4.78, 5) is 35.7. The molecule has 0 N–H and O–H groups in total. The molecule has 0 fully saturated rings. The second-order valence-electron chi connectivity index (χ2n) is 10.2. The van der Waals surface area contributed by atoms with Gasteiger partial charge in [-0.25, -0.2) is 0 Å². The van der Waals surface area contributed by atoms with E-state index in [4.69, 9.17) is 4.74 Å². The molecule has 0 saturated heterocycles. The van der Waals surface area contributed by atoms with Gasteiger partial charge in [0.15, 0.2) is 5.78 Å². The molecule has 0 spiro atoms. The van der Waals surface area contributed by atoms with Crippen molar-refractivity contribution >= 4 is 17.7 Å². The van der Waals surface area contributed by atoms with Gasteiger partial charge in [0, 0.05) is 24.8 Å². The van der Waals surface area contributed by atoms with Crippen LogP contribution in [0.1, 0.15) is 99.3 Å². The number of hydrogen-bond donors (Lipinski definition) is 0. The van der Waals surface area contributed by atoms with Crippen LogP contribution in [0.15, 0.2) is 58.2 Å². The van der Waals surface area contributed by atoms with Gasteiger partial charge in [0.2, 0.25) is 0 Å². The first-order valence-corrected chi connectivity index (χ1v) is 13.1. The second-order valence-corrected chi connectivity index (χ2v) is 10.2. The lowest BCUT2D eigenvalue weighted by Gasteiger charge is -2.28. The summed E-state index contributed by atoms with van der Waals surface area (Å²) in [6, 6.07) is 0. The number of esters is 2. The first kappa shape index (κ1) is 31.3. The maximum atomic E-state index is 12.5. The first-order chi connectivity index (χ1) is 17.0. The lowest BCUT2D eigenvalue weighted by atomic mass is 9.82. The summed E-state index contributed by atoms with van der Waals surface area (Å²) < 4.78 is 10.1. The van der Waals surface area contributed by atoms with Gasteiger partial charge in [0.1, 0.15) is 6.10 Å². The Balaban J connectivity index is 2.57. The molecule has 0 aromatic rings. The fourth-order valence-corrected chi connectivity index (χ4v) is 4.18. The van der Waals surface area contributed by atoms with E-state index in [2.05, 4.69) is 63.7 Å². The van der Waals surface area contributed by atoms with Crippen molar-refractivity contribution in [1.29, 1.82) is 0 Å². The summed E-state index contributed by atoms with van der Waals surface area (Å²) in [5.74, 6) is -1.08. The molecule has 1 aliphatic carbocycles. The van der Waals surface area contributed by atoms with Gasteiger partial charge < -0.3 is 9.47 Å². The van der Waals surface area contributed by atoms with Crippen molar-refractivity contribution in [1.82, 2.24) is 0 Å². The highest BCUT2D eigenvalue weighted by Crippen LogP contribution is 2.29. The molecule has 0 aliphatic heterocycles. The van der Waals surface area contributed by atoms with E-state index in [0.717, 1.165) is 38.5 Å². The standard InChI is InChI=1S/C31H46O5/c1-22(2)11-8-12-23(3)13-9-14-24(4)15-10-16-25(5)17-18-27-19-29(33)28(21-31(34)35-7)20-30(27)36-26(6)32/h11,13,15,17,20,27,30H,8-10,12,14,16,18-19,21H2,1-7H3/b23-13+,24-15+,25-17+/t27-,30+/m1/s1. The lowest BCUT2D eigenvalue weighted by molar-refractivity contribution is -0.147. The number of rotatable bonds is 14. The van der Waals surface area contributed by atoms with E-state index >= 15 is 0 Å². The van der Waals surface area contributed by atoms with Gasteiger partial charge in [0.05, 0.1) is 13.5 Å². The summed E-state index contributed by atoms with van der Waals surface area (Å²) >= 11 is 0. The third-order valence-electron chi connectivity index (χ3n) is 6.42. The van der Waals surface area contributed by atoms with E-state index in [0.29, 0.717) is 12.0 Å². The van der Waals surface area contributed by atoms with Crippen molar-refractivity contribution in [2.75, 3.05) is 7.11 Å². The normalized spacial score (nSPS) is 19.0. The van der Waals surface area contributed by atoms with Crippen LogP contribution in [0.4, 0.5) is 0 Å². The van der Waals surface area contributed by atoms with Crippen LogP contribution in [-0.2, 0) is 23.9 Å². The Morgan fingerprint density at radius 1 is 0.861 bits per heavy atom. The van der Waals surface area contributed by atoms with Crippen LogP contribution in [0.3, 0.4) is 0 Å². The zero-order valence-corrected chi connectivity index (χ0v) is 23.4. The zero-order chi connectivity index (χ0) is 27.1. The third-order valence-corrected chi connectivity index (χ3v) is 6.42. The number of Topliss-reactive ketones (excluding diaryl/α,β-unsaturated/α-hetero) is 1. The molecule has 1 aliphatic rings. The molecule has 0 unspecified atom stereocenters. The van der Waals surface area contributed by atoms with Crippen LogP contribution in [-0.4, -0.2) is 30.9 Å². The molecular weight excluding hydrogens is 452 g/mol. The molecule has 2 atom stereocenters. The number of methoxy groups -OCH3 is 1. The Kier molecular flexibility index (Phi) is 14.7. The van der Waals surface area contributed by atoms with Gasteiger partial charge in [-0.1, -0.05) is 46.6 Å². The summed E-state index contributed by atoms with van der Waals surface area (Å²) in [5.41, 5.74) is 5.87. The molecule has 0 saturated carbocycles. The number of ether oxygens (including phenoxy) is 2. The minimum Gasteiger partial charge on any atom is -0.469 e. The summed E-state index contributed by atoms with van der Waals surface area (Å²) in [6.07, 6.45) is 17.4. The molecule has 0 amide bonds. The molecule has 5 nitrogen and oxygen atoms in total. The Labute approximate surface area is 218 Å². The first-order valence-electron chi connectivity index (χ1n) is 13.1. The van der Waals surface area contributed by atoms with Crippen LogP contribution >= 0.6 is 0 Å². The molecule has 0 radical (unpaired) electrons. The number of allylic oxidation sites excluding steroid dienone is 8. The van der Waals surface area contributed by atoms with E-state index in [-0.39, 0.29) is 24.5 Å². The van der Waals surface area contributed by atoms with Crippen LogP contribution in [0.5, 0.6) is 0 Å². The van der Waals surface area contributed by atoms with Crippen molar-refractivity contribution in [3.8, 4) is 0 Å². The van der Waals surface area contributed by atoms with Crippen LogP contribution in [0.2, 0.25) is 0 Å². The fraction of sp³-hybridized carbons (Fsp3) is 0.581. The van der Waals surface area contributed by atoms with Crippen LogP contribution in [0, 0.1) is 5.92 Å². The number of ketones is 1. The van der Waals surface area contributed by atoms with Gasteiger partial charge in [-0.2, -0.15) is 0 Å². The summed E-state index contributed by atoms with van der Waals surface area (Å²) in [5, 5.41) is 0. The van der Waals surface area contributed by atoms with Crippen molar-refractivity contribution in [2.24, 2.45) is 5.92 Å². The predicted octanol–water partition coefficient (Wildman–Crippen LogP) is 7.53. The van der Waals surface area contributed by atoms with E-state index < -0.39 is 18.0 Å². The molecule has 0 heterocycles. The second kappa shape index (κ2) is 16.9. The molecule has 0 aromatic carbocycles. The topological polar surface area (TPSA) is 69.7 Å². The maximum absolute atomic E-state index is 12.5. The lowest BCUT2D eigenvalue weighted by Crippen LogP contribution is -2.32. The van der Waals surface area contributed by atoms with Crippen LogP contribution < -0.4 is 0 Å². The van der Waals surface area contributed by atoms with E-state index in [1.807, 2.05) is 0 Å². The van der Waals surface area contributed by atoms with Gasteiger partial charge in [-0.05, 0) is 85.6 Å². The van der Waals surface area contributed by atoms with Crippen molar-refractivity contribution in [2.45, 2.75) is 105 Å². The quantitative estimate of drug-likeness (QED) is 0.183. The monoisotopic (exact) mass is 498 g/mol. The van der Waals surface area contributed by atoms with Crippen molar-refractivity contribution in [3.05, 3.63) is 58.2 Å². The Bertz CT molecular complexity index is 909. The smallest absolute Gasteiger partial charge is 0.310 e. The summed E-state index contributed by atoms with van der Waals surface area (Å²) in [6.45, 7) is 12.2. The molecule has 0 bridgehead atoms. The molecule has 0 aromatic heterocycles. The van der Waals surface area contributed by atoms with Crippen molar-refractivity contribution in [3.63, 3.8) is 0 Å². The molecule has 1 rings (SSSR count). The highest BCUT2D eigenvalue weighted by molar-refractivity contribution is 6.00. The average Bonchev–Trinajstić information content (AvgIpc) is 2.79. The molecule has 5 heteroatoms. The molecule has 200 valence electrons. The Morgan fingerprint density at radius 3 is 1.89 bits per heavy atom. The highest BCUT2D eigenvalue weighted by atomic mass is 16.5. The van der Waals surface area contributed by atoms with E-state index in [1.165, 1.54) is 36.3 Å². The summed E-state index contributed by atoms with van der Waals surface area (Å²) in [7, 11) is 1.29. The van der Waals surface area contributed by atoms with Crippen molar-refractivity contribution < 1.29 is 23.9 Å². The SMILES string of the molecule is COC(=O)CC1=C[C@H](OC(C)=O)[C@H](C/C=C(\C)CC/C=C(\C)CC/C=C(\C)CCC=C(C)C)CC1=O. The Morgan fingerprint density at radius 2 is 1.39 bits per heavy atom. The Hall–Kier alpha value is -2.69. The van der Waals surface area contributed by atoms with Gasteiger partial charge in [-0.15, -0.1) is 0 Å². The van der Waals surface area contributed by atoms with Crippen LogP contribution in [0.25, 0.3) is 0 Å².